The molecule has 0 unspecified atom stereocenters. The number of aryl methyl sites for hydroxylation is 1. The number of urea groups is 1. The lowest BCUT2D eigenvalue weighted by Gasteiger charge is -2.12. The van der Waals surface area contributed by atoms with Gasteiger partial charge in [-0.05, 0) is 61.5 Å². The van der Waals surface area contributed by atoms with E-state index in [1.54, 1.807) is 55.5 Å². The molecule has 0 atom stereocenters. The van der Waals surface area contributed by atoms with Crippen molar-refractivity contribution in [3.05, 3.63) is 94.8 Å². The van der Waals surface area contributed by atoms with E-state index in [1.165, 1.54) is 22.8 Å². The molecule has 4 aromatic rings. The van der Waals surface area contributed by atoms with E-state index in [4.69, 9.17) is 0 Å². The van der Waals surface area contributed by atoms with Gasteiger partial charge in [-0.1, -0.05) is 18.2 Å². The fourth-order valence-electron chi connectivity index (χ4n) is 3.10. The van der Waals surface area contributed by atoms with Crippen LogP contribution in [0.4, 0.5) is 20.6 Å². The number of benzene rings is 3. The number of carbonyl (C=O) groups excluding carboxylic acids is 1. The number of nitrogens with zero attached hydrogens (tertiary/aromatic N) is 2. The van der Waals surface area contributed by atoms with E-state index in [0.29, 0.717) is 33.8 Å². The fourth-order valence-corrected chi connectivity index (χ4v) is 3.10. The maximum absolute atomic E-state index is 13.2. The van der Waals surface area contributed by atoms with Crippen LogP contribution < -0.4 is 16.2 Å². The van der Waals surface area contributed by atoms with Gasteiger partial charge in [-0.25, -0.2) is 14.2 Å². The Morgan fingerprint density at radius 1 is 0.931 bits per heavy atom. The SMILES string of the molecule is Cc1nc2ccccc2c(=O)n1-c1ccc(NC(=O)Nc2cccc(F)c2)cc1. The summed E-state index contributed by atoms with van der Waals surface area (Å²) in [6.07, 6.45) is 0. The maximum Gasteiger partial charge on any atom is 0.323 e. The van der Waals surface area contributed by atoms with Crippen molar-refractivity contribution < 1.29 is 9.18 Å². The molecule has 0 spiro atoms. The van der Waals surface area contributed by atoms with Gasteiger partial charge < -0.3 is 10.6 Å². The van der Waals surface area contributed by atoms with Crippen LogP contribution in [0.5, 0.6) is 0 Å². The van der Waals surface area contributed by atoms with E-state index in [9.17, 15) is 14.0 Å². The van der Waals surface area contributed by atoms with Crippen molar-refractivity contribution in [2.75, 3.05) is 10.6 Å². The highest BCUT2D eigenvalue weighted by Gasteiger charge is 2.10. The Morgan fingerprint density at radius 3 is 2.41 bits per heavy atom. The van der Waals surface area contributed by atoms with E-state index in [2.05, 4.69) is 15.6 Å². The van der Waals surface area contributed by atoms with Crippen molar-refractivity contribution >= 4 is 28.3 Å². The highest BCUT2D eigenvalue weighted by atomic mass is 19.1. The monoisotopic (exact) mass is 388 g/mol. The molecular weight excluding hydrogens is 371 g/mol. The number of amides is 2. The van der Waals surface area contributed by atoms with E-state index in [1.807, 2.05) is 6.07 Å². The van der Waals surface area contributed by atoms with Crippen molar-refractivity contribution in [1.29, 1.82) is 0 Å². The van der Waals surface area contributed by atoms with Crippen molar-refractivity contribution in [3.8, 4) is 5.69 Å². The summed E-state index contributed by atoms with van der Waals surface area (Å²) in [4.78, 5) is 29.4. The minimum Gasteiger partial charge on any atom is -0.308 e. The third kappa shape index (κ3) is 3.84. The van der Waals surface area contributed by atoms with E-state index >= 15 is 0 Å². The molecule has 29 heavy (non-hydrogen) atoms. The minimum absolute atomic E-state index is 0.155. The normalized spacial score (nSPS) is 10.7. The first-order valence-electron chi connectivity index (χ1n) is 8.94. The average molecular weight is 388 g/mol. The lowest BCUT2D eigenvalue weighted by Crippen LogP contribution is -2.22. The number of aromatic nitrogens is 2. The number of fused-ring (bicyclic) bond motifs is 1. The zero-order valence-corrected chi connectivity index (χ0v) is 15.5. The second-order valence-electron chi connectivity index (χ2n) is 6.45. The van der Waals surface area contributed by atoms with Gasteiger partial charge in [0.25, 0.3) is 5.56 Å². The van der Waals surface area contributed by atoms with Crippen LogP contribution in [0.1, 0.15) is 5.82 Å². The Hall–Kier alpha value is -4.00. The van der Waals surface area contributed by atoms with Gasteiger partial charge in [-0.2, -0.15) is 0 Å². The predicted molar refractivity (Wildman–Crippen MR) is 111 cm³/mol. The first-order chi connectivity index (χ1) is 14.0. The Bertz CT molecular complexity index is 1270. The van der Waals surface area contributed by atoms with Gasteiger partial charge in [0, 0.05) is 11.4 Å². The second kappa shape index (κ2) is 7.55. The largest absolute Gasteiger partial charge is 0.323 e. The van der Waals surface area contributed by atoms with Crippen LogP contribution in [0.3, 0.4) is 0 Å². The molecule has 4 rings (SSSR count). The topological polar surface area (TPSA) is 76.0 Å². The van der Waals surface area contributed by atoms with Crippen molar-refractivity contribution in [2.45, 2.75) is 6.92 Å². The molecule has 0 aliphatic carbocycles. The van der Waals surface area contributed by atoms with Crippen LogP contribution in [0.2, 0.25) is 0 Å². The Labute approximate surface area is 165 Å². The van der Waals surface area contributed by atoms with Gasteiger partial charge in [-0.15, -0.1) is 0 Å². The smallest absolute Gasteiger partial charge is 0.308 e. The third-order valence-corrected chi connectivity index (χ3v) is 4.41. The zero-order chi connectivity index (χ0) is 20.4. The van der Waals surface area contributed by atoms with E-state index in [-0.39, 0.29) is 5.56 Å². The molecule has 0 saturated carbocycles. The fraction of sp³-hybridized carbons (Fsp3) is 0.0455. The van der Waals surface area contributed by atoms with Crippen molar-refractivity contribution in [1.82, 2.24) is 9.55 Å². The molecule has 1 aromatic heterocycles. The molecule has 0 bridgehead atoms. The molecule has 1 heterocycles. The predicted octanol–water partition coefficient (Wildman–Crippen LogP) is 4.48. The van der Waals surface area contributed by atoms with Crippen LogP contribution in [-0.2, 0) is 0 Å². The summed E-state index contributed by atoms with van der Waals surface area (Å²) >= 11 is 0. The summed E-state index contributed by atoms with van der Waals surface area (Å²) in [6.45, 7) is 1.77. The Balaban J connectivity index is 1.56. The molecule has 2 amide bonds. The summed E-state index contributed by atoms with van der Waals surface area (Å²) in [6, 6.07) is 19.1. The Kier molecular flexibility index (Phi) is 4.78. The third-order valence-electron chi connectivity index (χ3n) is 4.41. The molecule has 0 saturated heterocycles. The number of halogens is 1. The van der Waals surface area contributed by atoms with Gasteiger partial charge >= 0.3 is 6.03 Å². The second-order valence-corrected chi connectivity index (χ2v) is 6.45. The molecule has 0 aliphatic heterocycles. The lowest BCUT2D eigenvalue weighted by atomic mass is 10.2. The van der Waals surface area contributed by atoms with Gasteiger partial charge in [0.1, 0.15) is 11.6 Å². The van der Waals surface area contributed by atoms with Gasteiger partial charge in [0.2, 0.25) is 0 Å². The summed E-state index contributed by atoms with van der Waals surface area (Å²) in [5, 5.41) is 5.77. The van der Waals surface area contributed by atoms with Crippen LogP contribution in [0.25, 0.3) is 16.6 Å². The molecule has 144 valence electrons. The number of hydrogen-bond donors (Lipinski definition) is 2. The van der Waals surface area contributed by atoms with Crippen LogP contribution >= 0.6 is 0 Å². The number of hydrogen-bond acceptors (Lipinski definition) is 3. The number of anilines is 2. The molecule has 0 fully saturated rings. The highest BCUT2D eigenvalue weighted by molar-refractivity contribution is 5.99. The number of nitrogens with one attached hydrogen (secondary N) is 2. The first kappa shape index (κ1) is 18.4. The lowest BCUT2D eigenvalue weighted by molar-refractivity contribution is 0.262. The Morgan fingerprint density at radius 2 is 1.66 bits per heavy atom. The number of para-hydroxylation sites is 1. The van der Waals surface area contributed by atoms with Gasteiger partial charge in [-0.3, -0.25) is 9.36 Å². The maximum atomic E-state index is 13.2. The van der Waals surface area contributed by atoms with Gasteiger partial charge in [0.05, 0.1) is 16.6 Å². The molecule has 0 aliphatic rings. The number of carbonyl (C=O) groups is 1. The average Bonchev–Trinajstić information content (AvgIpc) is 2.69. The minimum atomic E-state index is -0.496. The summed E-state index contributed by atoms with van der Waals surface area (Å²) in [5.74, 6) is 0.134. The summed E-state index contributed by atoms with van der Waals surface area (Å²) < 4.78 is 14.7. The molecule has 7 heteroatoms. The van der Waals surface area contributed by atoms with Crippen molar-refractivity contribution in [2.24, 2.45) is 0 Å². The molecule has 6 nitrogen and oxygen atoms in total. The zero-order valence-electron chi connectivity index (χ0n) is 15.5. The van der Waals surface area contributed by atoms with Gasteiger partial charge in [0.15, 0.2) is 0 Å². The molecule has 2 N–H and O–H groups in total. The summed E-state index contributed by atoms with van der Waals surface area (Å²) in [5.41, 5.74) is 2.02. The van der Waals surface area contributed by atoms with E-state index in [0.717, 1.165) is 0 Å². The molecular formula is C22H17FN4O2. The van der Waals surface area contributed by atoms with Crippen molar-refractivity contribution in [3.63, 3.8) is 0 Å². The summed E-state index contributed by atoms with van der Waals surface area (Å²) in [7, 11) is 0. The molecule has 0 radical (unpaired) electrons. The quantitative estimate of drug-likeness (QED) is 0.543. The number of rotatable bonds is 3. The van der Waals surface area contributed by atoms with Crippen LogP contribution in [0.15, 0.2) is 77.6 Å². The highest BCUT2D eigenvalue weighted by Crippen LogP contribution is 2.16. The standard InChI is InChI=1S/C22H17FN4O2/c1-14-24-20-8-3-2-7-19(20)21(28)27(14)18-11-9-16(10-12-18)25-22(29)26-17-6-4-5-15(23)13-17/h2-13H,1H3,(H2,25,26,29). The van der Waals surface area contributed by atoms with Crippen LogP contribution in [0, 0.1) is 12.7 Å². The van der Waals surface area contributed by atoms with E-state index < -0.39 is 11.8 Å². The van der Waals surface area contributed by atoms with Crippen LogP contribution in [-0.4, -0.2) is 15.6 Å². The molecule has 3 aromatic carbocycles. The first-order valence-corrected chi connectivity index (χ1v) is 8.94.